The van der Waals surface area contributed by atoms with E-state index in [2.05, 4.69) is 31.2 Å². The minimum absolute atomic E-state index is 0.188. The van der Waals surface area contributed by atoms with Gasteiger partial charge in [-0.15, -0.1) is 0 Å². The summed E-state index contributed by atoms with van der Waals surface area (Å²) >= 11 is 0. The second-order valence-corrected chi connectivity index (χ2v) is 5.70. The number of carbonyl (C=O) groups excluding carboxylic acids is 1. The van der Waals surface area contributed by atoms with Gasteiger partial charge in [-0.2, -0.15) is 0 Å². The highest BCUT2D eigenvalue weighted by Crippen LogP contribution is 2.18. The van der Waals surface area contributed by atoms with Crippen molar-refractivity contribution in [2.24, 2.45) is 5.41 Å². The fourth-order valence-electron chi connectivity index (χ4n) is 1.77. The van der Waals surface area contributed by atoms with E-state index in [-0.39, 0.29) is 5.41 Å². The molecule has 94 valence electrons. The Labute approximate surface area is 105 Å². The van der Waals surface area contributed by atoms with Crippen molar-refractivity contribution in [3.8, 4) is 0 Å². The SMILES string of the molecule is CCc1ccc(CCCC(=O)C(C)(C)C)cc1. The summed E-state index contributed by atoms with van der Waals surface area (Å²) in [4.78, 5) is 11.8. The predicted molar refractivity (Wildman–Crippen MR) is 73.2 cm³/mol. The highest BCUT2D eigenvalue weighted by atomic mass is 16.1. The van der Waals surface area contributed by atoms with Crippen LogP contribution in [0.25, 0.3) is 0 Å². The number of rotatable bonds is 5. The molecule has 1 aromatic carbocycles. The molecule has 0 aliphatic rings. The van der Waals surface area contributed by atoms with Crippen LogP contribution in [0.1, 0.15) is 51.7 Å². The van der Waals surface area contributed by atoms with Gasteiger partial charge in [-0.3, -0.25) is 4.79 Å². The molecule has 0 aliphatic carbocycles. The Morgan fingerprint density at radius 1 is 1.06 bits per heavy atom. The lowest BCUT2D eigenvalue weighted by atomic mass is 9.87. The molecule has 0 saturated heterocycles. The van der Waals surface area contributed by atoms with Crippen molar-refractivity contribution in [1.29, 1.82) is 0 Å². The van der Waals surface area contributed by atoms with Gasteiger partial charge in [-0.25, -0.2) is 0 Å². The second-order valence-electron chi connectivity index (χ2n) is 5.70. The monoisotopic (exact) mass is 232 g/mol. The third-order valence-electron chi connectivity index (χ3n) is 3.14. The Morgan fingerprint density at radius 2 is 1.59 bits per heavy atom. The molecule has 0 bridgehead atoms. The van der Waals surface area contributed by atoms with Crippen molar-refractivity contribution in [2.45, 2.75) is 53.4 Å². The topological polar surface area (TPSA) is 17.1 Å². The molecule has 1 nitrogen and oxygen atoms in total. The summed E-state index contributed by atoms with van der Waals surface area (Å²) in [6.45, 7) is 8.14. The Kier molecular flexibility index (Phi) is 4.92. The fourth-order valence-corrected chi connectivity index (χ4v) is 1.77. The van der Waals surface area contributed by atoms with Gasteiger partial charge in [0.25, 0.3) is 0 Å². The third kappa shape index (κ3) is 4.72. The predicted octanol–water partition coefficient (Wildman–Crippen LogP) is 4.19. The molecule has 0 aliphatic heterocycles. The maximum absolute atomic E-state index is 11.8. The van der Waals surface area contributed by atoms with Crippen molar-refractivity contribution >= 4 is 5.78 Å². The Balaban J connectivity index is 2.38. The number of ketones is 1. The second kappa shape index (κ2) is 6.00. The normalized spacial score (nSPS) is 11.5. The lowest BCUT2D eigenvalue weighted by Gasteiger charge is -2.16. The van der Waals surface area contributed by atoms with Crippen molar-refractivity contribution in [3.63, 3.8) is 0 Å². The number of carbonyl (C=O) groups is 1. The molecule has 0 amide bonds. The summed E-state index contributed by atoms with van der Waals surface area (Å²) in [6, 6.07) is 8.72. The van der Waals surface area contributed by atoms with Crippen LogP contribution in [0, 0.1) is 5.41 Å². The van der Waals surface area contributed by atoms with E-state index in [4.69, 9.17) is 0 Å². The molecule has 0 spiro atoms. The Bertz CT molecular complexity index is 354. The summed E-state index contributed by atoms with van der Waals surface area (Å²) < 4.78 is 0. The van der Waals surface area contributed by atoms with Crippen LogP contribution in [0.2, 0.25) is 0 Å². The standard InChI is InChI=1S/C16H24O/c1-5-13-9-11-14(12-10-13)7-6-8-15(17)16(2,3)4/h9-12H,5-8H2,1-4H3. The number of Topliss-reactive ketones (excluding diaryl/α,β-unsaturated/α-hetero) is 1. The highest BCUT2D eigenvalue weighted by molar-refractivity contribution is 5.83. The van der Waals surface area contributed by atoms with Gasteiger partial charge in [0.2, 0.25) is 0 Å². The quantitative estimate of drug-likeness (QED) is 0.744. The van der Waals surface area contributed by atoms with Gasteiger partial charge >= 0.3 is 0 Å². The smallest absolute Gasteiger partial charge is 0.138 e. The minimum Gasteiger partial charge on any atom is -0.299 e. The zero-order valence-corrected chi connectivity index (χ0v) is 11.5. The molecule has 17 heavy (non-hydrogen) atoms. The Morgan fingerprint density at radius 3 is 2.06 bits per heavy atom. The van der Waals surface area contributed by atoms with Gasteiger partial charge in [0.05, 0.1) is 0 Å². The molecule has 0 aromatic heterocycles. The molecular formula is C16H24O. The average Bonchev–Trinajstić information content (AvgIpc) is 2.28. The van der Waals surface area contributed by atoms with Crippen molar-refractivity contribution in [3.05, 3.63) is 35.4 Å². The highest BCUT2D eigenvalue weighted by Gasteiger charge is 2.19. The zero-order valence-electron chi connectivity index (χ0n) is 11.5. The van der Waals surface area contributed by atoms with Gasteiger partial charge in [0.1, 0.15) is 5.78 Å². The first-order chi connectivity index (χ1) is 7.93. The number of hydrogen-bond donors (Lipinski definition) is 0. The van der Waals surface area contributed by atoms with Crippen molar-refractivity contribution in [1.82, 2.24) is 0 Å². The maximum atomic E-state index is 11.8. The average molecular weight is 232 g/mol. The van der Waals surface area contributed by atoms with Crippen LogP contribution in [0.5, 0.6) is 0 Å². The van der Waals surface area contributed by atoms with Crippen LogP contribution >= 0.6 is 0 Å². The molecule has 0 heterocycles. The molecule has 1 rings (SSSR count). The van der Waals surface area contributed by atoms with Crippen molar-refractivity contribution < 1.29 is 4.79 Å². The molecule has 0 saturated carbocycles. The molecule has 0 unspecified atom stereocenters. The first-order valence-corrected chi connectivity index (χ1v) is 6.54. The van der Waals surface area contributed by atoms with Gasteiger partial charge < -0.3 is 0 Å². The molecule has 1 heteroatoms. The van der Waals surface area contributed by atoms with Gasteiger partial charge in [-0.1, -0.05) is 52.0 Å². The molecule has 0 N–H and O–H groups in total. The van der Waals surface area contributed by atoms with Gasteiger partial charge in [0.15, 0.2) is 0 Å². The summed E-state index contributed by atoms with van der Waals surface area (Å²) in [6.07, 6.45) is 3.75. The van der Waals surface area contributed by atoms with E-state index in [9.17, 15) is 4.79 Å². The molecule has 0 fully saturated rings. The van der Waals surface area contributed by atoms with Crippen LogP contribution in [0.3, 0.4) is 0 Å². The summed E-state index contributed by atoms with van der Waals surface area (Å²) in [5.74, 6) is 0.364. The number of aryl methyl sites for hydroxylation is 2. The van der Waals surface area contributed by atoms with E-state index in [1.165, 1.54) is 11.1 Å². The van der Waals surface area contributed by atoms with E-state index in [1.807, 2.05) is 20.8 Å². The largest absolute Gasteiger partial charge is 0.299 e. The number of hydrogen-bond acceptors (Lipinski definition) is 1. The molecule has 1 aromatic rings. The van der Waals surface area contributed by atoms with Gasteiger partial charge in [0, 0.05) is 11.8 Å². The van der Waals surface area contributed by atoms with Crippen LogP contribution in [-0.2, 0) is 17.6 Å². The van der Waals surface area contributed by atoms with Gasteiger partial charge in [-0.05, 0) is 30.4 Å². The Hall–Kier alpha value is -1.11. The van der Waals surface area contributed by atoms with E-state index < -0.39 is 0 Å². The lowest BCUT2D eigenvalue weighted by Crippen LogP contribution is -2.19. The summed E-state index contributed by atoms with van der Waals surface area (Å²) in [5.41, 5.74) is 2.52. The summed E-state index contributed by atoms with van der Waals surface area (Å²) in [7, 11) is 0. The fraction of sp³-hybridized carbons (Fsp3) is 0.562. The zero-order chi connectivity index (χ0) is 12.9. The molecular weight excluding hydrogens is 208 g/mol. The summed E-state index contributed by atoms with van der Waals surface area (Å²) in [5, 5.41) is 0. The minimum atomic E-state index is -0.188. The lowest BCUT2D eigenvalue weighted by molar-refractivity contribution is -0.126. The maximum Gasteiger partial charge on any atom is 0.138 e. The van der Waals surface area contributed by atoms with E-state index in [1.54, 1.807) is 0 Å². The molecule has 0 radical (unpaired) electrons. The first-order valence-electron chi connectivity index (χ1n) is 6.54. The third-order valence-corrected chi connectivity index (χ3v) is 3.14. The van der Waals surface area contributed by atoms with Crippen LogP contribution in [0.15, 0.2) is 24.3 Å². The number of benzene rings is 1. The van der Waals surface area contributed by atoms with Crippen LogP contribution in [0.4, 0.5) is 0 Å². The van der Waals surface area contributed by atoms with Crippen LogP contribution < -0.4 is 0 Å². The van der Waals surface area contributed by atoms with E-state index >= 15 is 0 Å². The first kappa shape index (κ1) is 14.0. The van der Waals surface area contributed by atoms with E-state index in [0.717, 1.165) is 19.3 Å². The van der Waals surface area contributed by atoms with E-state index in [0.29, 0.717) is 12.2 Å². The molecule has 0 atom stereocenters. The van der Waals surface area contributed by atoms with Crippen LogP contribution in [-0.4, -0.2) is 5.78 Å². The van der Waals surface area contributed by atoms with Crippen molar-refractivity contribution in [2.75, 3.05) is 0 Å².